The normalized spacial score (nSPS) is 11.0. The summed E-state index contributed by atoms with van der Waals surface area (Å²) in [6.07, 6.45) is 1.23. The summed E-state index contributed by atoms with van der Waals surface area (Å²) >= 11 is 0. The predicted octanol–water partition coefficient (Wildman–Crippen LogP) is 3.82. The molecule has 8 heteroatoms. The van der Waals surface area contributed by atoms with E-state index in [0.29, 0.717) is 28.0 Å². The second-order valence-corrected chi connectivity index (χ2v) is 5.94. The molecule has 0 unspecified atom stereocenters. The Labute approximate surface area is 143 Å². The Balaban J connectivity index is 2.05. The van der Waals surface area contributed by atoms with E-state index in [9.17, 15) is 14.9 Å². The second kappa shape index (κ2) is 6.31. The SMILES string of the molecule is Cc1cc(NC(=O)c2ncoc2C(C)C)c2cc([N+](=O)[O-])ccc2n1. The maximum Gasteiger partial charge on any atom is 0.277 e. The number of aromatic nitrogens is 2. The lowest BCUT2D eigenvalue weighted by Crippen LogP contribution is -2.15. The number of carbonyl (C=O) groups excluding carboxylic acids is 1. The summed E-state index contributed by atoms with van der Waals surface area (Å²) in [4.78, 5) is 31.5. The number of pyridine rings is 1. The first-order valence-corrected chi connectivity index (χ1v) is 7.67. The highest BCUT2D eigenvalue weighted by molar-refractivity contribution is 6.08. The van der Waals surface area contributed by atoms with Gasteiger partial charge in [0.25, 0.3) is 11.6 Å². The number of fused-ring (bicyclic) bond motifs is 1. The van der Waals surface area contributed by atoms with Crippen molar-refractivity contribution in [3.05, 3.63) is 57.9 Å². The van der Waals surface area contributed by atoms with Gasteiger partial charge in [0.05, 0.1) is 16.1 Å². The third-order valence-electron chi connectivity index (χ3n) is 3.71. The summed E-state index contributed by atoms with van der Waals surface area (Å²) in [5.74, 6) is 0.0506. The second-order valence-electron chi connectivity index (χ2n) is 5.94. The van der Waals surface area contributed by atoms with Crippen LogP contribution in [0.3, 0.4) is 0 Å². The number of carbonyl (C=O) groups is 1. The first kappa shape index (κ1) is 16.6. The van der Waals surface area contributed by atoms with E-state index in [1.165, 1.54) is 18.5 Å². The minimum Gasteiger partial charge on any atom is -0.447 e. The van der Waals surface area contributed by atoms with Crippen LogP contribution in [0.1, 0.15) is 41.7 Å². The highest BCUT2D eigenvalue weighted by Crippen LogP contribution is 2.28. The number of aryl methyl sites for hydroxylation is 1. The molecule has 2 aromatic heterocycles. The van der Waals surface area contributed by atoms with Crippen molar-refractivity contribution in [1.82, 2.24) is 9.97 Å². The molecule has 128 valence electrons. The first-order chi connectivity index (χ1) is 11.9. The molecular formula is C17H16N4O4. The van der Waals surface area contributed by atoms with Crippen LogP contribution >= 0.6 is 0 Å². The Hall–Kier alpha value is -3.29. The zero-order valence-electron chi connectivity index (χ0n) is 13.9. The van der Waals surface area contributed by atoms with E-state index in [-0.39, 0.29) is 17.3 Å². The van der Waals surface area contributed by atoms with Gasteiger partial charge in [-0.3, -0.25) is 19.9 Å². The van der Waals surface area contributed by atoms with Gasteiger partial charge < -0.3 is 9.73 Å². The van der Waals surface area contributed by atoms with Crippen LogP contribution in [0.25, 0.3) is 10.9 Å². The van der Waals surface area contributed by atoms with Crippen molar-refractivity contribution in [2.24, 2.45) is 0 Å². The maximum absolute atomic E-state index is 12.6. The first-order valence-electron chi connectivity index (χ1n) is 7.67. The minimum absolute atomic E-state index is 0.000239. The lowest BCUT2D eigenvalue weighted by Gasteiger charge is -2.10. The van der Waals surface area contributed by atoms with Gasteiger partial charge in [0.15, 0.2) is 12.1 Å². The van der Waals surface area contributed by atoms with Gasteiger partial charge in [-0.05, 0) is 19.1 Å². The topological polar surface area (TPSA) is 111 Å². The van der Waals surface area contributed by atoms with Gasteiger partial charge in [-0.15, -0.1) is 0 Å². The number of nitrogens with one attached hydrogen (secondary N) is 1. The lowest BCUT2D eigenvalue weighted by atomic mass is 10.1. The molecule has 0 radical (unpaired) electrons. The van der Waals surface area contributed by atoms with Crippen molar-refractivity contribution < 1.29 is 14.1 Å². The molecule has 0 aliphatic heterocycles. The standard InChI is InChI=1S/C17H16N4O4/c1-9(2)16-15(18-8-25-16)17(22)20-14-6-10(3)19-13-5-4-11(21(23)24)7-12(13)14/h4-9H,1-3H3,(H,19,20,22). The molecule has 0 bridgehead atoms. The van der Waals surface area contributed by atoms with Crippen LogP contribution in [0.2, 0.25) is 0 Å². The molecule has 0 saturated carbocycles. The van der Waals surface area contributed by atoms with Gasteiger partial charge in [0.2, 0.25) is 0 Å². The lowest BCUT2D eigenvalue weighted by molar-refractivity contribution is -0.384. The van der Waals surface area contributed by atoms with E-state index in [2.05, 4.69) is 15.3 Å². The summed E-state index contributed by atoms with van der Waals surface area (Å²) in [6, 6.07) is 6.00. The molecule has 3 aromatic rings. The largest absolute Gasteiger partial charge is 0.447 e. The van der Waals surface area contributed by atoms with E-state index in [0.717, 1.165) is 0 Å². The number of hydrogen-bond donors (Lipinski definition) is 1. The number of nitrogens with zero attached hydrogens (tertiary/aromatic N) is 3. The molecule has 1 amide bonds. The minimum atomic E-state index is -0.487. The van der Waals surface area contributed by atoms with E-state index in [1.54, 1.807) is 19.1 Å². The van der Waals surface area contributed by atoms with Crippen LogP contribution in [0, 0.1) is 17.0 Å². The number of amides is 1. The van der Waals surface area contributed by atoms with Crippen LogP contribution in [-0.2, 0) is 0 Å². The highest BCUT2D eigenvalue weighted by atomic mass is 16.6. The van der Waals surface area contributed by atoms with Gasteiger partial charge in [-0.25, -0.2) is 4.98 Å². The average molecular weight is 340 g/mol. The molecule has 0 atom stereocenters. The number of non-ortho nitro benzene ring substituents is 1. The third-order valence-corrected chi connectivity index (χ3v) is 3.71. The van der Waals surface area contributed by atoms with Crippen molar-refractivity contribution in [2.75, 3.05) is 5.32 Å². The van der Waals surface area contributed by atoms with Crippen molar-refractivity contribution in [2.45, 2.75) is 26.7 Å². The highest BCUT2D eigenvalue weighted by Gasteiger charge is 2.20. The summed E-state index contributed by atoms with van der Waals surface area (Å²) in [7, 11) is 0. The summed E-state index contributed by atoms with van der Waals surface area (Å²) < 4.78 is 5.27. The molecule has 3 rings (SSSR count). The van der Waals surface area contributed by atoms with Gasteiger partial charge >= 0.3 is 0 Å². The fourth-order valence-corrected chi connectivity index (χ4v) is 2.58. The van der Waals surface area contributed by atoms with Gasteiger partial charge in [-0.2, -0.15) is 0 Å². The molecule has 2 heterocycles. The molecule has 25 heavy (non-hydrogen) atoms. The van der Waals surface area contributed by atoms with Crippen LogP contribution in [0.4, 0.5) is 11.4 Å². The zero-order valence-corrected chi connectivity index (χ0v) is 13.9. The smallest absolute Gasteiger partial charge is 0.277 e. The number of anilines is 1. The molecule has 0 aliphatic carbocycles. The van der Waals surface area contributed by atoms with Gasteiger partial charge in [0, 0.05) is 29.1 Å². The quantitative estimate of drug-likeness (QED) is 0.571. The third kappa shape index (κ3) is 3.18. The summed E-state index contributed by atoms with van der Waals surface area (Å²) in [5, 5.41) is 14.3. The monoisotopic (exact) mass is 340 g/mol. The maximum atomic E-state index is 12.6. The number of nitro benzene ring substituents is 1. The summed E-state index contributed by atoms with van der Waals surface area (Å²) in [5.41, 5.74) is 1.81. The average Bonchev–Trinajstić information content (AvgIpc) is 3.04. The number of rotatable bonds is 4. The molecule has 0 spiro atoms. The van der Waals surface area contributed by atoms with E-state index in [4.69, 9.17) is 4.42 Å². The predicted molar refractivity (Wildman–Crippen MR) is 91.7 cm³/mol. The van der Waals surface area contributed by atoms with Gasteiger partial charge in [0.1, 0.15) is 5.76 Å². The Morgan fingerprint density at radius 3 is 2.76 bits per heavy atom. The van der Waals surface area contributed by atoms with Gasteiger partial charge in [-0.1, -0.05) is 13.8 Å². The fourth-order valence-electron chi connectivity index (χ4n) is 2.58. The molecule has 0 saturated heterocycles. The van der Waals surface area contributed by atoms with E-state index < -0.39 is 10.8 Å². The Morgan fingerprint density at radius 1 is 1.32 bits per heavy atom. The summed E-state index contributed by atoms with van der Waals surface area (Å²) in [6.45, 7) is 5.57. The Bertz CT molecular complexity index is 978. The number of nitro groups is 1. The molecule has 8 nitrogen and oxygen atoms in total. The van der Waals surface area contributed by atoms with E-state index in [1.807, 2.05) is 13.8 Å². The molecule has 0 fully saturated rings. The Kier molecular flexibility index (Phi) is 4.18. The fraction of sp³-hybridized carbons (Fsp3) is 0.235. The Morgan fingerprint density at radius 2 is 2.08 bits per heavy atom. The van der Waals surface area contributed by atoms with Crippen molar-refractivity contribution in [3.63, 3.8) is 0 Å². The van der Waals surface area contributed by atoms with Crippen LogP contribution in [0.5, 0.6) is 0 Å². The number of hydrogen-bond acceptors (Lipinski definition) is 6. The van der Waals surface area contributed by atoms with Crippen LogP contribution < -0.4 is 5.32 Å². The molecular weight excluding hydrogens is 324 g/mol. The van der Waals surface area contributed by atoms with Crippen LogP contribution in [-0.4, -0.2) is 20.8 Å². The van der Waals surface area contributed by atoms with Crippen molar-refractivity contribution in [1.29, 1.82) is 0 Å². The van der Waals surface area contributed by atoms with Crippen LogP contribution in [0.15, 0.2) is 35.1 Å². The number of oxazole rings is 1. The zero-order chi connectivity index (χ0) is 18.1. The van der Waals surface area contributed by atoms with E-state index >= 15 is 0 Å². The van der Waals surface area contributed by atoms with Crippen molar-refractivity contribution >= 4 is 28.2 Å². The van der Waals surface area contributed by atoms with Crippen molar-refractivity contribution in [3.8, 4) is 0 Å². The number of benzene rings is 1. The molecule has 1 aromatic carbocycles. The molecule has 1 N–H and O–H groups in total. The molecule has 0 aliphatic rings.